The first-order valence-electron chi connectivity index (χ1n) is 18.9. The van der Waals surface area contributed by atoms with Gasteiger partial charge in [-0.15, -0.1) is 0 Å². The standard InChI is InChI=1S/C25H34O6.C12H22O11/c1-4-5-21-30-20-11-17-16-7-6-14-10-15(27)8-9-23(14,2)22(16)18(28)12-24(17,3)25(20,31-21)19(29)13-26;13-1-3-5(15)6(16)9(19)12(22-3)23-10-4(2-14)21-11(20)8(18)7(10)17/h8-10,16-18,20-22,26,28H,4-7,11-13H2,1-3H3;3-20H,1-2H2/t16-,17-,18-,20+,21+,22+,23-,24-,25+;3-,4-,5+,6+,7-,8-,9-,10-,11-,12+/m01/s1. The molecule has 3 saturated carbocycles. The molecule has 0 aromatic heterocycles. The van der Waals surface area contributed by atoms with Crippen molar-refractivity contribution in [1.29, 1.82) is 0 Å². The van der Waals surface area contributed by atoms with Crippen LogP contribution in [0, 0.1) is 28.6 Å². The van der Waals surface area contributed by atoms with E-state index in [1.54, 1.807) is 12.2 Å². The van der Waals surface area contributed by atoms with Gasteiger partial charge in [-0.2, -0.15) is 0 Å². The van der Waals surface area contributed by atoms with Gasteiger partial charge in [0.25, 0.3) is 0 Å². The third-order valence-corrected chi connectivity index (χ3v) is 13.4. The van der Waals surface area contributed by atoms with Gasteiger partial charge in [-0.25, -0.2) is 0 Å². The van der Waals surface area contributed by atoms with E-state index in [4.69, 9.17) is 28.8 Å². The molecule has 4 aliphatic carbocycles. The summed E-state index contributed by atoms with van der Waals surface area (Å²) < 4.78 is 27.9. The molecule has 10 N–H and O–H groups in total. The number of aliphatic hydroxyl groups is 10. The molecule has 0 aromatic rings. The summed E-state index contributed by atoms with van der Waals surface area (Å²) in [6.45, 7) is 4.33. The summed E-state index contributed by atoms with van der Waals surface area (Å²) in [6, 6.07) is 0. The molecule has 7 aliphatic rings. The number of carbonyl (C=O) groups excluding carboxylic acids is 2. The van der Waals surface area contributed by atoms with E-state index >= 15 is 0 Å². The maximum Gasteiger partial charge on any atom is 0.193 e. The first-order chi connectivity index (χ1) is 25.5. The largest absolute Gasteiger partial charge is 0.394 e. The van der Waals surface area contributed by atoms with Gasteiger partial charge < -0.3 is 74.7 Å². The second-order valence-corrected chi connectivity index (χ2v) is 16.3. The fraction of sp³-hybridized carbons (Fsp3) is 0.838. The molecule has 7 rings (SSSR count). The van der Waals surface area contributed by atoms with Crippen LogP contribution in [0.2, 0.25) is 0 Å². The first-order valence-corrected chi connectivity index (χ1v) is 18.9. The van der Waals surface area contributed by atoms with Crippen LogP contribution < -0.4 is 0 Å². The molecule has 3 aliphatic heterocycles. The summed E-state index contributed by atoms with van der Waals surface area (Å²) in [6.07, 6.45) is -7.26. The van der Waals surface area contributed by atoms with Gasteiger partial charge in [0, 0.05) is 16.7 Å². The molecule has 6 fully saturated rings. The number of ether oxygens (including phenoxy) is 5. The zero-order valence-corrected chi connectivity index (χ0v) is 30.7. The fourth-order valence-electron chi connectivity index (χ4n) is 10.7. The molecule has 17 heteroatoms. The lowest BCUT2D eigenvalue weighted by Crippen LogP contribution is -2.64. The number of rotatable bonds is 8. The van der Waals surface area contributed by atoms with Gasteiger partial charge in [0.2, 0.25) is 0 Å². The Morgan fingerprint density at radius 1 is 0.907 bits per heavy atom. The van der Waals surface area contributed by atoms with Crippen molar-refractivity contribution >= 4 is 11.6 Å². The van der Waals surface area contributed by atoms with Crippen molar-refractivity contribution in [3.8, 4) is 0 Å². The number of Topliss-reactive ketones (excluding diaryl/α,β-unsaturated/α-hetero) is 1. The molecule has 3 heterocycles. The maximum atomic E-state index is 13.2. The van der Waals surface area contributed by atoms with Gasteiger partial charge in [-0.1, -0.05) is 38.8 Å². The third-order valence-electron chi connectivity index (χ3n) is 13.4. The predicted molar refractivity (Wildman–Crippen MR) is 181 cm³/mol. The molecule has 0 spiro atoms. The van der Waals surface area contributed by atoms with Gasteiger partial charge in [-0.3, -0.25) is 9.59 Å². The molecule has 17 nitrogen and oxygen atoms in total. The summed E-state index contributed by atoms with van der Waals surface area (Å²) in [5.41, 5.74) is -1.05. The van der Waals surface area contributed by atoms with Crippen LogP contribution in [0.3, 0.4) is 0 Å². The van der Waals surface area contributed by atoms with E-state index in [-0.39, 0.29) is 34.7 Å². The quantitative estimate of drug-likeness (QED) is 0.120. The summed E-state index contributed by atoms with van der Waals surface area (Å²) in [5, 5.41) is 97.9. The van der Waals surface area contributed by atoms with Crippen LogP contribution in [-0.2, 0) is 33.3 Å². The number of ketones is 2. The first kappa shape index (κ1) is 41.8. The predicted octanol–water partition coefficient (Wildman–Crippen LogP) is -2.68. The highest BCUT2D eigenvalue weighted by molar-refractivity contribution is 6.01. The maximum absolute atomic E-state index is 13.2. The molecular weight excluding hydrogens is 716 g/mol. The molecular formula is C37H56O17. The Bertz CT molecular complexity index is 1440. The average molecular weight is 773 g/mol. The van der Waals surface area contributed by atoms with Crippen LogP contribution in [0.1, 0.15) is 59.3 Å². The topological polar surface area (TPSA) is 283 Å². The fourth-order valence-corrected chi connectivity index (χ4v) is 10.7. The van der Waals surface area contributed by atoms with E-state index in [0.717, 1.165) is 24.8 Å². The van der Waals surface area contributed by atoms with Crippen molar-refractivity contribution < 1.29 is 84.3 Å². The van der Waals surface area contributed by atoms with Crippen molar-refractivity contribution in [1.82, 2.24) is 0 Å². The van der Waals surface area contributed by atoms with E-state index in [2.05, 4.69) is 20.8 Å². The molecule has 54 heavy (non-hydrogen) atoms. The van der Waals surface area contributed by atoms with E-state index < -0.39 is 111 Å². The van der Waals surface area contributed by atoms with E-state index in [1.165, 1.54) is 0 Å². The van der Waals surface area contributed by atoms with Crippen molar-refractivity contribution in [2.24, 2.45) is 28.6 Å². The Morgan fingerprint density at radius 2 is 1.61 bits per heavy atom. The van der Waals surface area contributed by atoms with E-state index in [9.17, 15) is 55.5 Å². The number of hydrogen-bond acceptors (Lipinski definition) is 17. The van der Waals surface area contributed by atoms with Crippen LogP contribution in [0.5, 0.6) is 0 Å². The monoisotopic (exact) mass is 772 g/mol. The Kier molecular flexibility index (Phi) is 12.3. The second kappa shape index (κ2) is 15.9. The molecule has 3 saturated heterocycles. The molecule has 19 atom stereocenters. The average Bonchev–Trinajstić information content (AvgIpc) is 3.63. The van der Waals surface area contributed by atoms with Crippen LogP contribution in [0.4, 0.5) is 0 Å². The second-order valence-electron chi connectivity index (χ2n) is 16.3. The van der Waals surface area contributed by atoms with Crippen molar-refractivity contribution in [3.63, 3.8) is 0 Å². The van der Waals surface area contributed by atoms with E-state index in [1.807, 2.05) is 6.08 Å². The zero-order chi connectivity index (χ0) is 39.5. The lowest BCUT2D eigenvalue weighted by Gasteiger charge is -2.59. The van der Waals surface area contributed by atoms with Crippen LogP contribution >= 0.6 is 0 Å². The van der Waals surface area contributed by atoms with Crippen LogP contribution in [0.15, 0.2) is 23.8 Å². The third kappa shape index (κ3) is 6.65. The van der Waals surface area contributed by atoms with Gasteiger partial charge in [-0.05, 0) is 56.1 Å². The number of allylic oxidation sites excluding steroid dienone is 4. The molecule has 0 amide bonds. The molecule has 306 valence electrons. The van der Waals surface area contributed by atoms with Crippen molar-refractivity contribution in [2.45, 2.75) is 145 Å². The summed E-state index contributed by atoms with van der Waals surface area (Å²) >= 11 is 0. The highest BCUT2D eigenvalue weighted by Gasteiger charge is 2.75. The molecule has 0 radical (unpaired) electrons. The Balaban J connectivity index is 0.000000194. The minimum absolute atomic E-state index is 0.0125. The Hall–Kier alpha value is -1.78. The minimum Gasteiger partial charge on any atom is -0.394 e. The molecule has 0 bridgehead atoms. The van der Waals surface area contributed by atoms with Gasteiger partial charge in [0.15, 0.2) is 36.0 Å². The smallest absolute Gasteiger partial charge is 0.193 e. The van der Waals surface area contributed by atoms with Gasteiger partial charge in [0.1, 0.15) is 55.4 Å². The lowest BCUT2D eigenvalue weighted by atomic mass is 9.46. The highest BCUT2D eigenvalue weighted by atomic mass is 16.7. The zero-order valence-electron chi connectivity index (χ0n) is 30.7. The SMILES string of the molecule is CCC[C@@H]1O[C@@H]2C[C@H]3[C@@H]4CCC5=CC(=O)C=C[C@]5(C)[C@H]4[C@@H](O)C[C@]3(C)[C@]2(C(=O)CO)O1.OC[C@H]1O[C@@H](O[C@H]2[C@H](O)[C@@H](O)[C@H](O)O[C@@H]2CO)[C@H](O)[C@@H](O)[C@H]1O. The summed E-state index contributed by atoms with van der Waals surface area (Å²) in [7, 11) is 0. The number of aliphatic hydroxyl groups excluding tert-OH is 10. The summed E-state index contributed by atoms with van der Waals surface area (Å²) in [5.74, 6) is 0.0274. The lowest BCUT2D eigenvalue weighted by molar-refractivity contribution is -0.355. The van der Waals surface area contributed by atoms with Crippen molar-refractivity contribution in [2.75, 3.05) is 19.8 Å². The van der Waals surface area contributed by atoms with E-state index in [0.29, 0.717) is 19.3 Å². The number of carbonyl (C=O) groups is 2. The minimum atomic E-state index is -1.74. The molecule has 0 unspecified atom stereocenters. The summed E-state index contributed by atoms with van der Waals surface area (Å²) in [4.78, 5) is 25.2. The van der Waals surface area contributed by atoms with Crippen molar-refractivity contribution in [3.05, 3.63) is 23.8 Å². The number of hydrogen-bond donors (Lipinski definition) is 10. The Morgan fingerprint density at radius 3 is 2.26 bits per heavy atom. The van der Waals surface area contributed by atoms with Gasteiger partial charge in [0.05, 0.1) is 25.4 Å². The van der Waals surface area contributed by atoms with Crippen LogP contribution in [0.25, 0.3) is 0 Å². The Labute approximate surface area is 312 Å². The number of fused-ring (bicyclic) bond motifs is 7. The van der Waals surface area contributed by atoms with Crippen LogP contribution in [-0.4, -0.2) is 168 Å². The van der Waals surface area contributed by atoms with Gasteiger partial charge >= 0.3 is 0 Å². The molecule has 0 aromatic carbocycles. The highest BCUT2D eigenvalue weighted by Crippen LogP contribution is 2.69. The normalized spacial score (nSPS) is 50.9.